The summed E-state index contributed by atoms with van der Waals surface area (Å²) in [5.74, 6) is 4.41. The Hall–Kier alpha value is -11.2. The van der Waals surface area contributed by atoms with E-state index in [1.165, 1.54) is 40.6 Å². The third kappa shape index (κ3) is 25.4. The Bertz CT molecular complexity index is 4560. The number of carbonyl (C=O) groups is 12. The van der Waals surface area contributed by atoms with Crippen LogP contribution in [0, 0.1) is 71.0 Å². The van der Waals surface area contributed by atoms with E-state index in [0.29, 0.717) is 89.3 Å². The Labute approximate surface area is 796 Å². The minimum atomic E-state index is -0.818. The average Bonchev–Trinajstić information content (AvgIpc) is 0.737. The van der Waals surface area contributed by atoms with Crippen LogP contribution in [0.15, 0.2) is 146 Å². The van der Waals surface area contributed by atoms with Gasteiger partial charge in [0.15, 0.2) is 20.4 Å². The first-order chi connectivity index (χ1) is 65.4. The Morgan fingerprint density at radius 1 is 0.228 bits per heavy atom. The number of rotatable bonds is 45. The summed E-state index contributed by atoms with van der Waals surface area (Å²) in [5, 5.41) is 0. The first-order valence-corrected chi connectivity index (χ1v) is 48.8. The topological polar surface area (TPSA) is 343 Å². The molecule has 0 N–H and O–H groups in total. The fraction of sp³-hybridized carbons (Fsp3) is 0.560. The molecule has 0 radical (unpaired) electrons. The fourth-order valence-electron chi connectivity index (χ4n) is 23.8. The van der Waals surface area contributed by atoms with Crippen LogP contribution in [0.25, 0.3) is 0 Å². The highest BCUT2D eigenvalue weighted by atomic mass is 16.7. The molecule has 0 saturated heterocycles. The Morgan fingerprint density at radius 3 is 0.529 bits per heavy atom. The molecule has 0 unspecified atom stereocenters. The standard InChI is InChI=1S/C68H84O12.C41H48O15/c1-65(47-14-20-56(21-15-47)75-59(69)8-5-11-62(72)78-66(2)50-29-41-26-42(31-50)32-51(66)30-41,48-16-22-57(23-17-48)76-60(70)9-6-12-63(73)79-67(3)52-33-43-27-44(35-52)36-53(67)34-43)49-18-24-58(25-19-49)77-61(71)10-7-13-64(74)80-68(4)54-37-45-28-46(39-54)40-55(68)38-45;1-41(29-14-20-32(21-15-29)54-38(45)11-5-8-35(42)51-26-48-2,30-16-22-33(23-17-30)55-39(46)12-6-9-36(43)52-27-49-3)31-18-24-34(25-19-31)56-40(47)13-7-10-37(44)53-28-50-4/h14-25,41-46,50-55H,5-13,26-40H2,1-4H3;14-25H,5-13,26-28H2,1-4H3. The lowest BCUT2D eigenvalue weighted by atomic mass is 9.50. The highest BCUT2D eigenvalue weighted by Gasteiger charge is 2.60. The molecule has 6 aromatic carbocycles. The van der Waals surface area contributed by atoms with E-state index >= 15 is 0 Å². The molecule has 12 aliphatic rings. The van der Waals surface area contributed by atoms with Gasteiger partial charge in [0.1, 0.15) is 51.3 Å². The second-order valence-electron chi connectivity index (χ2n) is 40.0. The van der Waals surface area contributed by atoms with Crippen molar-refractivity contribution in [3.05, 3.63) is 179 Å². The molecule has 0 aromatic heterocycles. The summed E-state index contributed by atoms with van der Waals surface area (Å²) in [6.45, 7) is 10.0. The maximum absolute atomic E-state index is 13.1. The van der Waals surface area contributed by atoms with Gasteiger partial charge in [0.05, 0.1) is 0 Å². The minimum Gasteiger partial charge on any atom is -0.459 e. The van der Waals surface area contributed by atoms with E-state index in [9.17, 15) is 57.5 Å². The lowest BCUT2D eigenvalue weighted by Crippen LogP contribution is -2.57. The van der Waals surface area contributed by atoms with Gasteiger partial charge in [-0.05, 0) is 347 Å². The summed E-state index contributed by atoms with van der Waals surface area (Å²) in [6, 6.07) is 43.0. The zero-order valence-electron chi connectivity index (χ0n) is 79.8. The van der Waals surface area contributed by atoms with Crippen molar-refractivity contribution in [3.63, 3.8) is 0 Å². The third-order valence-electron chi connectivity index (χ3n) is 30.8. The van der Waals surface area contributed by atoms with Gasteiger partial charge in [-0.25, -0.2) is 0 Å². The predicted octanol–water partition coefficient (Wildman–Crippen LogP) is 19.3. The van der Waals surface area contributed by atoms with Gasteiger partial charge in [-0.15, -0.1) is 0 Å². The lowest BCUT2D eigenvalue weighted by molar-refractivity contribution is -0.204. The molecule has 27 heteroatoms. The van der Waals surface area contributed by atoms with Gasteiger partial charge in [0.25, 0.3) is 0 Å². The van der Waals surface area contributed by atoms with Gasteiger partial charge >= 0.3 is 71.6 Å². The molecule has 0 heterocycles. The predicted molar refractivity (Wildman–Crippen MR) is 495 cm³/mol. The molecule has 0 amide bonds. The Balaban J connectivity index is 0.000000233. The van der Waals surface area contributed by atoms with Crippen molar-refractivity contribution in [2.24, 2.45) is 71.0 Å². The zero-order chi connectivity index (χ0) is 96.3. The molecule has 0 atom stereocenters. The molecule has 12 fully saturated rings. The molecule has 0 spiro atoms. The van der Waals surface area contributed by atoms with Gasteiger partial charge in [0, 0.05) is 109 Å². The first kappa shape index (κ1) is 101. The number of hydrogen-bond acceptors (Lipinski definition) is 27. The van der Waals surface area contributed by atoms with E-state index in [1.807, 2.05) is 79.7 Å². The second kappa shape index (κ2) is 45.9. The highest BCUT2D eigenvalue weighted by molar-refractivity contribution is 5.79. The van der Waals surface area contributed by atoms with Crippen LogP contribution >= 0.6 is 0 Å². The van der Waals surface area contributed by atoms with Crippen LogP contribution in [0.1, 0.15) is 280 Å². The minimum absolute atomic E-state index is 0.0112. The van der Waals surface area contributed by atoms with Crippen molar-refractivity contribution >= 4 is 71.6 Å². The number of methoxy groups -OCH3 is 3. The van der Waals surface area contributed by atoms with Crippen LogP contribution in [0.2, 0.25) is 0 Å². The number of benzene rings is 6. The number of ether oxygens (including phenoxy) is 15. The number of carbonyl (C=O) groups excluding carboxylic acids is 12. The van der Waals surface area contributed by atoms with Crippen molar-refractivity contribution in [2.45, 2.75) is 274 Å². The summed E-state index contributed by atoms with van der Waals surface area (Å²) in [4.78, 5) is 151. The number of esters is 12. The highest BCUT2D eigenvalue weighted by Crippen LogP contribution is 2.63. The van der Waals surface area contributed by atoms with Crippen LogP contribution in [0.3, 0.4) is 0 Å². The molecular formula is C109H132O27. The molecule has 18 rings (SSSR count). The molecule has 12 aliphatic carbocycles. The summed E-state index contributed by atoms with van der Waals surface area (Å²) in [5.41, 5.74) is 2.23. The molecule has 12 saturated carbocycles. The maximum atomic E-state index is 13.1. The van der Waals surface area contributed by atoms with E-state index in [-0.39, 0.29) is 135 Å². The SMILES string of the molecule is CC(c1ccc(OC(=O)CCCC(=O)OC2(C)C3CC4CC(C3)CC2C4)cc1)(c1ccc(OC(=O)CCCC(=O)OC2(C)C3CC4CC(C3)CC2C4)cc1)c1ccc(OC(=O)CCCC(=O)OC2(C)C3CC4CC(C3)CC2C4)cc1.COCOC(=O)CCCC(=O)Oc1ccc(C(C)(c2ccc(OC(=O)CCCC(=O)OCOC)cc2)c2ccc(OC(=O)CCCC(=O)OCOC)cc2)cc1. The monoisotopic (exact) mass is 1870 g/mol. The van der Waals surface area contributed by atoms with Crippen LogP contribution in [0.5, 0.6) is 34.5 Å². The largest absolute Gasteiger partial charge is 0.459 e. The molecular weight excluding hydrogens is 1740 g/mol. The molecule has 0 aliphatic heterocycles. The number of hydrogen-bond donors (Lipinski definition) is 0. The van der Waals surface area contributed by atoms with Gasteiger partial charge < -0.3 is 71.1 Å². The molecule has 27 nitrogen and oxygen atoms in total. The third-order valence-corrected chi connectivity index (χ3v) is 30.8. The van der Waals surface area contributed by atoms with E-state index in [1.54, 1.807) is 72.8 Å². The van der Waals surface area contributed by atoms with Crippen molar-refractivity contribution < 1.29 is 129 Å². The summed E-state index contributed by atoms with van der Waals surface area (Å²) >= 11 is 0. The van der Waals surface area contributed by atoms with Crippen LogP contribution in [-0.4, -0.2) is 130 Å². The van der Waals surface area contributed by atoms with Crippen LogP contribution in [-0.2, 0) is 111 Å². The Morgan fingerprint density at radius 2 is 0.375 bits per heavy atom. The van der Waals surface area contributed by atoms with Crippen molar-refractivity contribution in [2.75, 3.05) is 41.7 Å². The van der Waals surface area contributed by atoms with Crippen LogP contribution < -0.4 is 28.4 Å². The maximum Gasteiger partial charge on any atom is 0.311 e. The first-order valence-electron chi connectivity index (χ1n) is 48.8. The van der Waals surface area contributed by atoms with E-state index in [4.69, 9.17) is 71.1 Å². The van der Waals surface area contributed by atoms with Crippen LogP contribution in [0.4, 0.5) is 0 Å². The van der Waals surface area contributed by atoms with Gasteiger partial charge in [-0.3, -0.25) is 57.5 Å². The zero-order valence-corrected chi connectivity index (χ0v) is 79.8. The molecule has 136 heavy (non-hydrogen) atoms. The van der Waals surface area contributed by atoms with E-state index < -0.39 is 81.4 Å². The quantitative estimate of drug-likeness (QED) is 0.0113. The van der Waals surface area contributed by atoms with Gasteiger partial charge in [-0.2, -0.15) is 0 Å². The summed E-state index contributed by atoms with van der Waals surface area (Å²) < 4.78 is 81.1. The average molecular weight is 1870 g/mol. The second-order valence-corrected chi connectivity index (χ2v) is 40.0. The normalized spacial score (nSPS) is 25.2. The van der Waals surface area contributed by atoms with Crippen molar-refractivity contribution in [1.82, 2.24) is 0 Å². The van der Waals surface area contributed by atoms with Gasteiger partial charge in [-0.1, -0.05) is 72.8 Å². The summed E-state index contributed by atoms with van der Waals surface area (Å²) in [6.07, 6.45) is 20.5. The van der Waals surface area contributed by atoms with Crippen molar-refractivity contribution in [1.29, 1.82) is 0 Å². The molecule has 6 aromatic rings. The van der Waals surface area contributed by atoms with Gasteiger partial charge in [0.2, 0.25) is 0 Å². The fourth-order valence-corrected chi connectivity index (χ4v) is 23.8. The van der Waals surface area contributed by atoms with E-state index in [0.717, 1.165) is 146 Å². The molecule has 730 valence electrons. The Kier molecular flexibility index (Phi) is 34.0. The smallest absolute Gasteiger partial charge is 0.311 e. The lowest BCUT2D eigenvalue weighted by Gasteiger charge is -2.59. The van der Waals surface area contributed by atoms with Crippen molar-refractivity contribution in [3.8, 4) is 34.5 Å². The van der Waals surface area contributed by atoms with E-state index in [2.05, 4.69) is 27.7 Å². The molecule has 12 bridgehead atoms. The summed E-state index contributed by atoms with van der Waals surface area (Å²) in [7, 11) is 4.21.